The largest absolute Gasteiger partial charge is 0.458 e. The lowest BCUT2D eigenvalue weighted by molar-refractivity contribution is 0.330. The van der Waals surface area contributed by atoms with Gasteiger partial charge in [0.1, 0.15) is 11.5 Å². The van der Waals surface area contributed by atoms with Crippen LogP contribution in [0.15, 0.2) is 78.9 Å². The minimum absolute atomic E-state index is 0.0725. The van der Waals surface area contributed by atoms with Gasteiger partial charge in [0.15, 0.2) is 0 Å². The zero-order chi connectivity index (χ0) is 29.2. The molecule has 0 saturated heterocycles. The van der Waals surface area contributed by atoms with E-state index in [1.807, 2.05) is 11.3 Å². The molecule has 5 aromatic rings. The average Bonchev–Trinajstić information content (AvgIpc) is 3.33. The van der Waals surface area contributed by atoms with Crippen LogP contribution in [0.1, 0.15) is 78.0 Å². The summed E-state index contributed by atoms with van der Waals surface area (Å²) in [5.41, 5.74) is 11.0. The molecule has 42 heavy (non-hydrogen) atoms. The molecule has 4 aromatic carbocycles. The molecule has 2 aliphatic heterocycles. The molecule has 0 unspecified atom stereocenters. The summed E-state index contributed by atoms with van der Waals surface area (Å²) in [4.78, 5) is 2.50. The summed E-state index contributed by atoms with van der Waals surface area (Å²) in [7, 11) is 0. The monoisotopic (exact) mass is 567 g/mol. The Morgan fingerprint density at radius 2 is 1.50 bits per heavy atom. The number of rotatable bonds is 1. The third-order valence-corrected chi connectivity index (χ3v) is 11.4. The summed E-state index contributed by atoms with van der Waals surface area (Å²) >= 11 is 1.96. The van der Waals surface area contributed by atoms with E-state index < -0.39 is 0 Å². The van der Waals surface area contributed by atoms with E-state index in [-0.39, 0.29) is 23.0 Å². The van der Waals surface area contributed by atoms with Crippen LogP contribution in [0.4, 0.5) is 17.1 Å². The van der Waals surface area contributed by atoms with Crippen LogP contribution in [0.25, 0.3) is 10.1 Å². The molecule has 1 aliphatic carbocycles. The van der Waals surface area contributed by atoms with Crippen molar-refractivity contribution in [3.8, 4) is 11.5 Å². The zero-order valence-corrected chi connectivity index (χ0v) is 26.6. The first-order valence-electron chi connectivity index (χ1n) is 15.4. The van der Waals surface area contributed by atoms with Crippen molar-refractivity contribution in [3.63, 3.8) is 0 Å². The number of nitrogens with zero attached hydrogens (tertiary/aromatic N) is 1. The molecule has 8 rings (SSSR count). The Labute approximate surface area is 254 Å². The Kier molecular flexibility index (Phi) is 5.32. The Morgan fingerprint density at radius 1 is 0.786 bits per heavy atom. The number of ether oxygens (including phenoxy) is 1. The lowest BCUT2D eigenvalue weighted by atomic mass is 9.36. The number of thiophene rings is 1. The predicted molar refractivity (Wildman–Crippen MR) is 182 cm³/mol. The highest BCUT2D eigenvalue weighted by atomic mass is 32.1. The summed E-state index contributed by atoms with van der Waals surface area (Å²) in [5.74, 6) is 2.01. The maximum Gasteiger partial charge on any atom is 0.268 e. The van der Waals surface area contributed by atoms with E-state index >= 15 is 0 Å². The van der Waals surface area contributed by atoms with Gasteiger partial charge in [0.05, 0.1) is 5.69 Å². The van der Waals surface area contributed by atoms with E-state index in [9.17, 15) is 0 Å². The van der Waals surface area contributed by atoms with Crippen LogP contribution in [0.5, 0.6) is 11.5 Å². The number of benzene rings is 4. The SMILES string of the molecule is CC(C)(C)c1ccc2sc3c(c2c1)N(c1ccccc1)c1cccc2c1B3c1cc3c(cc1O2)C(C)(C)CCC3(C)C. The number of para-hydroxylation sites is 1. The second-order valence-corrected chi connectivity index (χ2v) is 16.0. The van der Waals surface area contributed by atoms with E-state index in [1.54, 1.807) is 0 Å². The summed E-state index contributed by atoms with van der Waals surface area (Å²) in [5, 5.41) is 1.34. The third-order valence-electron chi connectivity index (χ3n) is 10.1. The van der Waals surface area contributed by atoms with Crippen LogP contribution >= 0.6 is 11.3 Å². The minimum atomic E-state index is 0.0725. The highest BCUT2D eigenvalue weighted by molar-refractivity contribution is 7.33. The lowest BCUT2D eigenvalue weighted by Crippen LogP contribution is -2.59. The molecule has 0 atom stereocenters. The van der Waals surface area contributed by atoms with Crippen LogP contribution in [-0.2, 0) is 16.2 Å². The highest BCUT2D eigenvalue weighted by Crippen LogP contribution is 2.50. The van der Waals surface area contributed by atoms with Gasteiger partial charge in [0.25, 0.3) is 6.71 Å². The molecule has 0 N–H and O–H groups in total. The van der Waals surface area contributed by atoms with Gasteiger partial charge in [0, 0.05) is 26.2 Å². The molecule has 0 saturated carbocycles. The molecule has 0 amide bonds. The third kappa shape index (κ3) is 3.64. The minimum Gasteiger partial charge on any atom is -0.458 e. The van der Waals surface area contributed by atoms with Crippen LogP contribution in [0, 0.1) is 0 Å². The van der Waals surface area contributed by atoms with Crippen molar-refractivity contribution in [2.24, 2.45) is 0 Å². The van der Waals surface area contributed by atoms with E-state index in [0.717, 1.165) is 11.5 Å². The van der Waals surface area contributed by atoms with Crippen molar-refractivity contribution in [1.82, 2.24) is 0 Å². The second-order valence-electron chi connectivity index (χ2n) is 14.9. The lowest BCUT2D eigenvalue weighted by Gasteiger charge is -2.44. The fraction of sp³-hybridized carbons (Fsp3) is 0.316. The van der Waals surface area contributed by atoms with Crippen molar-refractivity contribution in [2.75, 3.05) is 4.90 Å². The van der Waals surface area contributed by atoms with Crippen LogP contribution in [-0.4, -0.2) is 6.71 Å². The van der Waals surface area contributed by atoms with Crippen molar-refractivity contribution in [2.45, 2.75) is 77.6 Å². The molecule has 3 heterocycles. The quantitative estimate of drug-likeness (QED) is 0.184. The van der Waals surface area contributed by atoms with Gasteiger partial charge < -0.3 is 9.64 Å². The van der Waals surface area contributed by atoms with E-state index in [0.29, 0.717) is 0 Å². The van der Waals surface area contributed by atoms with Crippen LogP contribution in [0.2, 0.25) is 0 Å². The first-order chi connectivity index (χ1) is 19.9. The molecule has 0 spiro atoms. The second kappa shape index (κ2) is 8.54. The van der Waals surface area contributed by atoms with Gasteiger partial charge in [-0.1, -0.05) is 84.9 Å². The van der Waals surface area contributed by atoms with E-state index in [4.69, 9.17) is 4.74 Å². The summed E-state index contributed by atoms with van der Waals surface area (Å²) in [6.07, 6.45) is 2.39. The predicted octanol–water partition coefficient (Wildman–Crippen LogP) is 8.95. The van der Waals surface area contributed by atoms with Crippen molar-refractivity contribution in [1.29, 1.82) is 0 Å². The topological polar surface area (TPSA) is 12.5 Å². The summed E-state index contributed by atoms with van der Waals surface area (Å²) < 4.78 is 9.62. The maximum absolute atomic E-state index is 6.87. The van der Waals surface area contributed by atoms with Gasteiger partial charge in [-0.25, -0.2) is 0 Å². The Bertz CT molecular complexity index is 1910. The van der Waals surface area contributed by atoms with Crippen molar-refractivity contribution in [3.05, 3.63) is 95.6 Å². The number of hydrogen-bond acceptors (Lipinski definition) is 3. The highest BCUT2D eigenvalue weighted by Gasteiger charge is 2.46. The molecule has 4 heteroatoms. The first-order valence-corrected chi connectivity index (χ1v) is 16.2. The Morgan fingerprint density at radius 3 is 2.21 bits per heavy atom. The van der Waals surface area contributed by atoms with Gasteiger partial charge in [-0.2, -0.15) is 0 Å². The molecule has 1 aromatic heterocycles. The number of hydrogen-bond donors (Lipinski definition) is 0. The van der Waals surface area contributed by atoms with Gasteiger partial charge in [-0.3, -0.25) is 0 Å². The van der Waals surface area contributed by atoms with Gasteiger partial charge in [0.2, 0.25) is 0 Å². The maximum atomic E-state index is 6.87. The number of fused-ring (bicyclic) bond motifs is 7. The fourth-order valence-electron chi connectivity index (χ4n) is 7.54. The van der Waals surface area contributed by atoms with E-state index in [1.165, 1.54) is 72.4 Å². The molecule has 2 nitrogen and oxygen atoms in total. The summed E-state index contributed by atoms with van der Waals surface area (Å²) in [6.45, 7) is 16.7. The fourth-order valence-corrected chi connectivity index (χ4v) is 8.84. The molecular weight excluding hydrogens is 529 g/mol. The van der Waals surface area contributed by atoms with Gasteiger partial charge >= 0.3 is 0 Å². The van der Waals surface area contributed by atoms with Gasteiger partial charge in [-0.05, 0) is 99.2 Å². The molecule has 0 fully saturated rings. The van der Waals surface area contributed by atoms with Gasteiger partial charge in [-0.15, -0.1) is 11.3 Å². The zero-order valence-electron chi connectivity index (χ0n) is 25.8. The smallest absolute Gasteiger partial charge is 0.268 e. The molecule has 210 valence electrons. The first kappa shape index (κ1) is 26.2. The van der Waals surface area contributed by atoms with E-state index in [2.05, 4.69) is 132 Å². The Hall–Kier alpha value is -3.50. The van der Waals surface area contributed by atoms with Crippen molar-refractivity contribution >= 4 is 60.9 Å². The van der Waals surface area contributed by atoms with Crippen LogP contribution < -0.4 is 25.3 Å². The van der Waals surface area contributed by atoms with Crippen LogP contribution in [0.3, 0.4) is 0 Å². The normalized spacial score (nSPS) is 17.7. The Balaban J connectivity index is 1.46. The standard InChI is InChI=1S/C38H38BNOS/c1-36(2,3)23-16-17-32-25(20-23)34-35(42-32)39-28-21-26-27(38(6,7)19-18-37(26,4)5)22-31(28)41-30-15-11-14-29(33(30)39)40(34)24-12-9-8-10-13-24/h8-17,20-22H,18-19H2,1-7H3. The average molecular weight is 568 g/mol. The van der Waals surface area contributed by atoms with Crippen molar-refractivity contribution < 1.29 is 4.74 Å². The molecule has 0 bridgehead atoms. The molecule has 3 aliphatic rings. The molecule has 0 radical (unpaired) electrons. The number of anilines is 3. The molecular formula is C38H38BNOS. The summed E-state index contributed by atoms with van der Waals surface area (Å²) in [6, 6.07) is 29.6.